The highest BCUT2D eigenvalue weighted by molar-refractivity contribution is 5.83. The van der Waals surface area contributed by atoms with Gasteiger partial charge in [0.2, 0.25) is 0 Å². The van der Waals surface area contributed by atoms with E-state index in [9.17, 15) is 22.8 Å². The Morgan fingerprint density at radius 1 is 0.750 bits per heavy atom. The third-order valence-electron chi connectivity index (χ3n) is 7.09. The molecule has 0 aliphatic carbocycles. The van der Waals surface area contributed by atoms with E-state index in [1.54, 1.807) is 18.3 Å². The van der Waals surface area contributed by atoms with Gasteiger partial charge < -0.3 is 10.1 Å². The first kappa shape index (κ1) is 27.1. The Bertz CT molecular complexity index is 1590. The van der Waals surface area contributed by atoms with Crippen molar-refractivity contribution in [1.82, 2.24) is 4.98 Å². The predicted molar refractivity (Wildman–Crippen MR) is 148 cm³/mol. The Labute approximate surface area is 229 Å². The quantitative estimate of drug-likeness (QED) is 0.108. The number of rotatable bonds is 9. The summed E-state index contributed by atoms with van der Waals surface area (Å²) < 4.78 is 54.9. The minimum absolute atomic E-state index is 0.367. The van der Waals surface area contributed by atoms with Crippen LogP contribution in [0.25, 0.3) is 10.8 Å². The third-order valence-corrected chi connectivity index (χ3v) is 7.09. The van der Waals surface area contributed by atoms with Gasteiger partial charge in [0.15, 0.2) is 12.4 Å². The average molecular weight is 546 g/mol. The van der Waals surface area contributed by atoms with Crippen LogP contribution in [-0.4, -0.2) is 12.0 Å². The van der Waals surface area contributed by atoms with Crippen molar-refractivity contribution in [2.75, 3.05) is 11.9 Å². The lowest BCUT2D eigenvalue weighted by atomic mass is 9.85. The lowest BCUT2D eigenvalue weighted by Gasteiger charge is -2.22. The highest BCUT2D eigenvalue weighted by Gasteiger charge is 2.24. The van der Waals surface area contributed by atoms with E-state index in [4.69, 9.17) is 0 Å². The van der Waals surface area contributed by atoms with Crippen LogP contribution in [0.3, 0.4) is 0 Å². The second-order valence-corrected chi connectivity index (χ2v) is 9.80. The van der Waals surface area contributed by atoms with Crippen molar-refractivity contribution >= 4 is 16.6 Å². The van der Waals surface area contributed by atoms with Crippen molar-refractivity contribution in [3.05, 3.63) is 142 Å². The molecule has 3 aromatic carbocycles. The number of hydrogen-bond donors (Lipinski definition) is 0. The number of aromatic nitrogens is 2. The molecule has 1 unspecified atom stereocenters. The molecule has 204 valence electrons. The fraction of sp³-hybridized carbons (Fsp3) is 0.188. The molecule has 8 heteroatoms. The van der Waals surface area contributed by atoms with Gasteiger partial charge in [-0.3, -0.25) is 0 Å². The van der Waals surface area contributed by atoms with Crippen LogP contribution >= 0.6 is 0 Å². The lowest BCUT2D eigenvalue weighted by Crippen LogP contribution is -2.24. The summed E-state index contributed by atoms with van der Waals surface area (Å²) in [6.07, 6.45) is -1.26. The Morgan fingerprint density at radius 3 is 2.12 bits per heavy atom. The summed E-state index contributed by atoms with van der Waals surface area (Å²) >= 11 is 0. The molecule has 0 saturated carbocycles. The van der Waals surface area contributed by atoms with Gasteiger partial charge in [0.05, 0.1) is 0 Å². The van der Waals surface area contributed by atoms with Gasteiger partial charge >= 0.3 is 0 Å². The minimum Gasteiger partial charge on any atom is -0.619 e. The molecule has 0 amide bonds. The van der Waals surface area contributed by atoms with Gasteiger partial charge in [-0.15, -0.1) is 0 Å². The molecule has 0 spiro atoms. The Hall–Kier alpha value is -4.46. The fourth-order valence-corrected chi connectivity index (χ4v) is 4.96. The topological polar surface area (TPSA) is 43.1 Å². The van der Waals surface area contributed by atoms with Crippen LogP contribution in [0.5, 0.6) is 0 Å². The summed E-state index contributed by atoms with van der Waals surface area (Å²) in [5, 5.41) is 13.8. The van der Waals surface area contributed by atoms with Crippen molar-refractivity contribution < 1.29 is 22.3 Å². The van der Waals surface area contributed by atoms with Gasteiger partial charge in [-0.05, 0) is 57.6 Å². The monoisotopic (exact) mass is 545 g/mol. The lowest BCUT2D eigenvalue weighted by molar-refractivity contribution is -0.605. The van der Waals surface area contributed by atoms with Crippen molar-refractivity contribution in [2.45, 2.75) is 31.7 Å². The number of pyridine rings is 2. The second-order valence-electron chi connectivity index (χ2n) is 9.80. The molecule has 5 rings (SSSR count). The summed E-state index contributed by atoms with van der Waals surface area (Å²) in [5.74, 6) is 0.281. The van der Waals surface area contributed by atoms with E-state index < -0.39 is 29.9 Å². The van der Waals surface area contributed by atoms with Crippen LogP contribution in [0.4, 0.5) is 23.4 Å². The van der Waals surface area contributed by atoms with Gasteiger partial charge in [0.25, 0.3) is 12.9 Å². The van der Waals surface area contributed by atoms with Crippen LogP contribution in [0.2, 0.25) is 0 Å². The third kappa shape index (κ3) is 6.06. The molecule has 40 heavy (non-hydrogen) atoms. The first-order chi connectivity index (χ1) is 19.3. The molecular weight excluding hydrogens is 518 g/mol. The van der Waals surface area contributed by atoms with Gasteiger partial charge in [0, 0.05) is 49.0 Å². The van der Waals surface area contributed by atoms with E-state index in [2.05, 4.69) is 35.3 Å². The number of halogens is 4. The normalized spacial score (nSPS) is 12.3. The predicted octanol–water partition coefficient (Wildman–Crippen LogP) is 7.75. The first-order valence-corrected chi connectivity index (χ1v) is 12.8. The van der Waals surface area contributed by atoms with Crippen molar-refractivity contribution in [3.63, 3.8) is 0 Å². The maximum absolute atomic E-state index is 13.7. The standard InChI is InChI=1S/C32H27F4N3O/c1-38(20-22-6-7-23-4-2-3-5-24(23)16-22)30-11-9-26(19-37-30)28(17-21-12-14-39(40)15-13-21)25-8-10-27(31(33)34)29(18-25)32(35)36/h2-16,18-19,28,31-32H,17,20H2,1H3. The number of alkyl halides is 4. The summed E-state index contributed by atoms with van der Waals surface area (Å²) in [7, 11) is 1.94. The number of hydrogen-bond acceptors (Lipinski definition) is 3. The minimum atomic E-state index is -3.04. The maximum Gasteiger partial charge on any atom is 0.264 e. The Kier molecular flexibility index (Phi) is 7.96. The van der Waals surface area contributed by atoms with E-state index in [0.29, 0.717) is 23.3 Å². The smallest absolute Gasteiger partial charge is 0.264 e. The number of fused-ring (bicyclic) bond motifs is 1. The highest BCUT2D eigenvalue weighted by atomic mass is 19.3. The number of benzene rings is 3. The summed E-state index contributed by atoms with van der Waals surface area (Å²) in [6.45, 7) is 0.632. The molecule has 1 atom stereocenters. The molecule has 5 aromatic rings. The van der Waals surface area contributed by atoms with Gasteiger partial charge in [-0.1, -0.05) is 54.6 Å². The van der Waals surface area contributed by atoms with Gasteiger partial charge in [-0.2, -0.15) is 4.73 Å². The van der Waals surface area contributed by atoms with E-state index in [1.807, 2.05) is 36.2 Å². The van der Waals surface area contributed by atoms with E-state index >= 15 is 0 Å². The molecule has 2 aromatic heterocycles. The zero-order valence-electron chi connectivity index (χ0n) is 21.7. The molecule has 4 nitrogen and oxygen atoms in total. The van der Waals surface area contributed by atoms with Crippen molar-refractivity contribution in [3.8, 4) is 0 Å². The molecule has 2 heterocycles. The molecule has 0 saturated heterocycles. The maximum atomic E-state index is 13.7. The van der Waals surface area contributed by atoms with Crippen LogP contribution in [0.15, 0.2) is 104 Å². The molecular formula is C32H27F4N3O. The van der Waals surface area contributed by atoms with E-state index in [1.165, 1.54) is 23.8 Å². The molecule has 0 bridgehead atoms. The number of nitrogens with zero attached hydrogens (tertiary/aromatic N) is 3. The van der Waals surface area contributed by atoms with Gasteiger partial charge in [0.1, 0.15) is 5.82 Å². The molecule has 0 radical (unpaired) electrons. The van der Waals surface area contributed by atoms with E-state index in [0.717, 1.165) is 40.0 Å². The van der Waals surface area contributed by atoms with Crippen molar-refractivity contribution in [1.29, 1.82) is 0 Å². The van der Waals surface area contributed by atoms with E-state index in [-0.39, 0.29) is 0 Å². The summed E-state index contributed by atoms with van der Waals surface area (Å²) in [6, 6.07) is 25.2. The van der Waals surface area contributed by atoms with Crippen LogP contribution in [-0.2, 0) is 13.0 Å². The largest absolute Gasteiger partial charge is 0.619 e. The summed E-state index contributed by atoms with van der Waals surface area (Å²) in [5.41, 5.74) is 1.79. The molecule has 0 aliphatic rings. The zero-order chi connectivity index (χ0) is 28.2. The fourth-order valence-electron chi connectivity index (χ4n) is 4.96. The summed E-state index contributed by atoms with van der Waals surface area (Å²) in [4.78, 5) is 6.66. The zero-order valence-corrected chi connectivity index (χ0v) is 21.7. The molecule has 0 fully saturated rings. The average Bonchev–Trinajstić information content (AvgIpc) is 2.96. The van der Waals surface area contributed by atoms with Crippen LogP contribution in [0.1, 0.15) is 52.1 Å². The number of anilines is 1. The molecule has 0 N–H and O–H groups in total. The second kappa shape index (κ2) is 11.7. The van der Waals surface area contributed by atoms with Gasteiger partial charge in [-0.25, -0.2) is 22.5 Å². The first-order valence-electron chi connectivity index (χ1n) is 12.8. The highest BCUT2D eigenvalue weighted by Crippen LogP contribution is 2.36. The van der Waals surface area contributed by atoms with Crippen LogP contribution in [0, 0.1) is 5.21 Å². The SMILES string of the molecule is CN(Cc1ccc2ccccc2c1)c1ccc(C(Cc2cc[n+]([O-])cc2)c2ccc(C(F)F)c(C(F)F)c2)cn1. The Balaban J connectivity index is 1.44. The van der Waals surface area contributed by atoms with Crippen molar-refractivity contribution in [2.24, 2.45) is 0 Å². The molecule has 0 aliphatic heterocycles. The Morgan fingerprint density at radius 2 is 1.45 bits per heavy atom. The van der Waals surface area contributed by atoms with Crippen LogP contribution < -0.4 is 9.63 Å².